The Hall–Kier alpha value is -1.76. The third-order valence-electron chi connectivity index (χ3n) is 4.06. The first-order valence-corrected chi connectivity index (χ1v) is 8.78. The molecule has 1 aromatic heterocycles. The van der Waals surface area contributed by atoms with E-state index in [2.05, 4.69) is 15.2 Å². The number of aromatic nitrogens is 1. The number of carbonyl (C=O) groups is 1. The maximum atomic E-state index is 12.2. The van der Waals surface area contributed by atoms with E-state index < -0.39 is 0 Å². The molecule has 23 heavy (non-hydrogen) atoms. The van der Waals surface area contributed by atoms with Crippen LogP contribution in [0.25, 0.3) is 11.3 Å². The Balaban J connectivity index is 1.60. The third-order valence-corrected chi connectivity index (χ3v) is 4.83. The van der Waals surface area contributed by atoms with Crippen molar-refractivity contribution < 1.29 is 4.79 Å². The highest BCUT2D eigenvalue weighted by atomic mass is 32.1. The van der Waals surface area contributed by atoms with Gasteiger partial charge in [-0.15, -0.1) is 11.3 Å². The molecule has 122 valence electrons. The van der Waals surface area contributed by atoms with Crippen LogP contribution in [-0.2, 0) is 4.79 Å². The highest BCUT2D eigenvalue weighted by molar-refractivity contribution is 7.09. The summed E-state index contributed by atoms with van der Waals surface area (Å²) in [5.41, 5.74) is 8.68. The molecule has 3 rings (SSSR count). The van der Waals surface area contributed by atoms with Gasteiger partial charge in [0, 0.05) is 35.8 Å². The van der Waals surface area contributed by atoms with E-state index in [-0.39, 0.29) is 11.9 Å². The van der Waals surface area contributed by atoms with Gasteiger partial charge >= 0.3 is 0 Å². The second-order valence-electron chi connectivity index (χ2n) is 5.99. The minimum absolute atomic E-state index is 0.0204. The van der Waals surface area contributed by atoms with Crippen LogP contribution < -0.4 is 11.1 Å². The number of rotatable bonds is 4. The molecule has 5 nitrogen and oxygen atoms in total. The second-order valence-corrected chi connectivity index (χ2v) is 7.06. The number of hydrogen-bond donors (Lipinski definition) is 2. The molecule has 0 spiro atoms. The van der Waals surface area contributed by atoms with Crippen molar-refractivity contribution in [2.75, 3.05) is 25.0 Å². The van der Waals surface area contributed by atoms with Crippen molar-refractivity contribution in [2.24, 2.45) is 5.73 Å². The summed E-state index contributed by atoms with van der Waals surface area (Å²) >= 11 is 1.63. The second kappa shape index (κ2) is 7.21. The Morgan fingerprint density at radius 2 is 2.22 bits per heavy atom. The van der Waals surface area contributed by atoms with Crippen LogP contribution in [0.15, 0.2) is 29.6 Å². The number of amides is 1. The molecular weight excluding hydrogens is 308 g/mol. The van der Waals surface area contributed by atoms with Gasteiger partial charge in [-0.1, -0.05) is 12.1 Å². The van der Waals surface area contributed by atoms with Gasteiger partial charge in [-0.05, 0) is 31.9 Å². The molecular formula is C17H22N4OS. The van der Waals surface area contributed by atoms with E-state index in [1.807, 2.05) is 36.6 Å². The molecule has 1 fully saturated rings. The van der Waals surface area contributed by atoms with Gasteiger partial charge in [-0.2, -0.15) is 0 Å². The van der Waals surface area contributed by atoms with Crippen LogP contribution >= 0.6 is 11.3 Å². The van der Waals surface area contributed by atoms with Crippen LogP contribution in [0.3, 0.4) is 0 Å². The van der Waals surface area contributed by atoms with Crippen molar-refractivity contribution in [1.29, 1.82) is 0 Å². The van der Waals surface area contributed by atoms with Gasteiger partial charge in [0.1, 0.15) is 0 Å². The summed E-state index contributed by atoms with van der Waals surface area (Å²) in [5, 5.41) is 6.06. The number of hydrogen-bond acceptors (Lipinski definition) is 5. The van der Waals surface area contributed by atoms with E-state index in [1.165, 1.54) is 0 Å². The Labute approximate surface area is 140 Å². The largest absolute Gasteiger partial charge is 0.328 e. The van der Waals surface area contributed by atoms with Crippen LogP contribution in [0.1, 0.15) is 17.8 Å². The minimum atomic E-state index is 0.0204. The van der Waals surface area contributed by atoms with Crippen molar-refractivity contribution in [3.8, 4) is 11.3 Å². The monoisotopic (exact) mass is 330 g/mol. The van der Waals surface area contributed by atoms with Gasteiger partial charge in [-0.25, -0.2) is 4.98 Å². The quantitative estimate of drug-likeness (QED) is 0.903. The lowest BCUT2D eigenvalue weighted by Crippen LogP contribution is -2.43. The first-order valence-electron chi connectivity index (χ1n) is 7.90. The molecule has 6 heteroatoms. The van der Waals surface area contributed by atoms with Crippen LogP contribution in [0.5, 0.6) is 0 Å². The van der Waals surface area contributed by atoms with Crippen LogP contribution in [0.4, 0.5) is 5.69 Å². The van der Waals surface area contributed by atoms with E-state index in [4.69, 9.17) is 5.73 Å². The fraction of sp³-hybridized carbons (Fsp3) is 0.412. The van der Waals surface area contributed by atoms with E-state index >= 15 is 0 Å². The zero-order valence-corrected chi connectivity index (χ0v) is 14.1. The zero-order chi connectivity index (χ0) is 16.2. The topological polar surface area (TPSA) is 71.2 Å². The number of aryl methyl sites for hydroxylation is 1. The molecule has 1 aliphatic rings. The Kier molecular flexibility index (Phi) is 5.05. The summed E-state index contributed by atoms with van der Waals surface area (Å²) < 4.78 is 0. The lowest BCUT2D eigenvalue weighted by molar-refractivity contribution is -0.117. The highest BCUT2D eigenvalue weighted by Crippen LogP contribution is 2.24. The van der Waals surface area contributed by atoms with Crippen molar-refractivity contribution >= 4 is 22.9 Å². The number of anilines is 1. The summed E-state index contributed by atoms with van der Waals surface area (Å²) in [5.74, 6) is 0.0204. The van der Waals surface area contributed by atoms with Crippen molar-refractivity contribution in [1.82, 2.24) is 9.88 Å². The average Bonchev–Trinajstić information content (AvgIpc) is 2.96. The van der Waals surface area contributed by atoms with E-state index in [9.17, 15) is 4.79 Å². The molecule has 3 N–H and O–H groups in total. The Morgan fingerprint density at radius 1 is 1.43 bits per heavy atom. The van der Waals surface area contributed by atoms with Crippen molar-refractivity contribution in [3.63, 3.8) is 0 Å². The average molecular weight is 330 g/mol. The maximum absolute atomic E-state index is 12.2. The third kappa shape index (κ3) is 4.37. The standard InChI is InChI=1S/C17H22N4OS/c1-12-19-16(11-23-12)13-3-2-4-15(9-13)20-17(22)10-21-7-5-14(18)6-8-21/h2-4,9,11,14H,5-8,10,18H2,1H3,(H,20,22). The molecule has 2 heterocycles. The van der Waals surface area contributed by atoms with Crippen LogP contribution in [0, 0.1) is 6.92 Å². The SMILES string of the molecule is Cc1nc(-c2cccc(NC(=O)CN3CCC(N)CC3)c2)cs1. The smallest absolute Gasteiger partial charge is 0.238 e. The molecule has 1 aromatic carbocycles. The molecule has 0 unspecified atom stereocenters. The van der Waals surface area contributed by atoms with Gasteiger partial charge in [0.15, 0.2) is 0 Å². The Bertz CT molecular complexity index is 677. The lowest BCUT2D eigenvalue weighted by atomic mass is 10.1. The molecule has 0 radical (unpaired) electrons. The van der Waals surface area contributed by atoms with Crippen molar-refractivity contribution in [3.05, 3.63) is 34.7 Å². The summed E-state index contributed by atoms with van der Waals surface area (Å²) in [7, 11) is 0. The Morgan fingerprint density at radius 3 is 2.91 bits per heavy atom. The lowest BCUT2D eigenvalue weighted by Gasteiger charge is -2.29. The number of carbonyl (C=O) groups excluding carboxylic acids is 1. The molecule has 0 aliphatic carbocycles. The molecule has 1 saturated heterocycles. The first-order chi connectivity index (χ1) is 11.1. The fourth-order valence-corrected chi connectivity index (χ4v) is 3.39. The molecule has 0 bridgehead atoms. The number of nitrogens with two attached hydrogens (primary N) is 1. The number of benzene rings is 1. The first kappa shape index (κ1) is 16.1. The number of thiazole rings is 1. The predicted molar refractivity (Wildman–Crippen MR) is 94.6 cm³/mol. The highest BCUT2D eigenvalue weighted by Gasteiger charge is 2.18. The van der Waals surface area contributed by atoms with E-state index in [0.29, 0.717) is 6.54 Å². The molecule has 0 saturated carbocycles. The van der Waals surface area contributed by atoms with Gasteiger partial charge in [0.25, 0.3) is 0 Å². The van der Waals surface area contributed by atoms with E-state index in [1.54, 1.807) is 11.3 Å². The number of nitrogens with zero attached hydrogens (tertiary/aromatic N) is 2. The molecule has 1 aliphatic heterocycles. The summed E-state index contributed by atoms with van der Waals surface area (Å²) in [6.07, 6.45) is 1.93. The fourth-order valence-electron chi connectivity index (χ4n) is 2.77. The molecule has 0 atom stereocenters. The summed E-state index contributed by atoms with van der Waals surface area (Å²) in [4.78, 5) is 18.9. The van der Waals surface area contributed by atoms with Gasteiger partial charge in [0.05, 0.1) is 17.2 Å². The summed E-state index contributed by atoms with van der Waals surface area (Å²) in [6.45, 7) is 4.20. The van der Waals surface area contributed by atoms with Crippen molar-refractivity contribution in [2.45, 2.75) is 25.8 Å². The predicted octanol–water partition coefficient (Wildman–Crippen LogP) is 2.48. The normalized spacial score (nSPS) is 16.4. The van der Waals surface area contributed by atoms with Crippen LogP contribution in [-0.4, -0.2) is 41.5 Å². The van der Waals surface area contributed by atoms with Gasteiger partial charge < -0.3 is 11.1 Å². The van der Waals surface area contributed by atoms with Gasteiger partial charge in [-0.3, -0.25) is 9.69 Å². The molecule has 2 aromatic rings. The van der Waals surface area contributed by atoms with E-state index in [0.717, 1.165) is 47.9 Å². The number of piperidine rings is 1. The number of nitrogens with one attached hydrogen (secondary N) is 1. The maximum Gasteiger partial charge on any atom is 0.238 e. The minimum Gasteiger partial charge on any atom is -0.328 e. The van der Waals surface area contributed by atoms with Crippen LogP contribution in [0.2, 0.25) is 0 Å². The van der Waals surface area contributed by atoms with Gasteiger partial charge in [0.2, 0.25) is 5.91 Å². The zero-order valence-electron chi connectivity index (χ0n) is 13.3. The summed E-state index contributed by atoms with van der Waals surface area (Å²) in [6, 6.07) is 8.12. The molecule has 1 amide bonds. The number of likely N-dealkylation sites (tertiary alicyclic amines) is 1.